The highest BCUT2D eigenvalue weighted by Gasteiger charge is 2.18. The van der Waals surface area contributed by atoms with Gasteiger partial charge in [-0.15, -0.1) is 0 Å². The van der Waals surface area contributed by atoms with Crippen LogP contribution in [-0.4, -0.2) is 89.1 Å². The number of rotatable bonds is 17. The molecule has 0 spiro atoms. The van der Waals surface area contributed by atoms with Crippen LogP contribution in [0, 0.1) is 0 Å². The predicted molar refractivity (Wildman–Crippen MR) is 120 cm³/mol. The molecule has 10 heteroatoms. The van der Waals surface area contributed by atoms with Gasteiger partial charge in [0.05, 0.1) is 59.4 Å². The minimum atomic E-state index is -0.509. The molecule has 10 nitrogen and oxygen atoms in total. The number of nitrogens with one attached hydrogen (secondary N) is 1. The van der Waals surface area contributed by atoms with Crippen molar-refractivity contribution < 1.29 is 33.3 Å². The Hall–Kier alpha value is -1.72. The van der Waals surface area contributed by atoms with Gasteiger partial charge in [-0.3, -0.25) is 4.79 Å². The monoisotopic (exact) mass is 459 g/mol. The van der Waals surface area contributed by atoms with Crippen molar-refractivity contribution in [2.75, 3.05) is 65.9 Å². The summed E-state index contributed by atoms with van der Waals surface area (Å²) < 4.78 is 27.0. The topological polar surface area (TPSA) is 122 Å². The van der Waals surface area contributed by atoms with Crippen molar-refractivity contribution in [1.29, 1.82) is 0 Å². The van der Waals surface area contributed by atoms with Gasteiger partial charge in [0.1, 0.15) is 6.10 Å². The third-order valence-electron chi connectivity index (χ3n) is 4.66. The average molecular weight is 460 g/mol. The van der Waals surface area contributed by atoms with Crippen LogP contribution in [0.5, 0.6) is 0 Å². The molecule has 0 aromatic carbocycles. The molecule has 1 aliphatic rings. The summed E-state index contributed by atoms with van der Waals surface area (Å²) in [5.41, 5.74) is 0. The molecule has 0 aromatic heterocycles. The summed E-state index contributed by atoms with van der Waals surface area (Å²) >= 11 is 0. The number of ether oxygens (including phenoxy) is 5. The smallest absolute Gasteiger partial charge is 0.424 e. The summed E-state index contributed by atoms with van der Waals surface area (Å²) in [5.74, 6) is 5.75. The zero-order chi connectivity index (χ0) is 23.3. The highest BCUT2D eigenvalue weighted by atomic mass is 16.6. The van der Waals surface area contributed by atoms with E-state index in [1.807, 2.05) is 6.92 Å². The Kier molecular flexibility index (Phi) is 17.6. The summed E-state index contributed by atoms with van der Waals surface area (Å²) in [4.78, 5) is 23.3. The standard InChI is InChI=1S/C22H41N3O7/c1-2-24-21(26)10-12-28-14-16-30-18-19-31-17-15-29-13-11-25(23)22(27)32-20-8-6-4-3-5-7-9-20/h3-4,20H,2,5-19,23H2,1H3,(H,24,26)/b4-3+. The molecule has 1 aliphatic carbocycles. The first-order valence-electron chi connectivity index (χ1n) is 11.6. The van der Waals surface area contributed by atoms with Crippen LogP contribution in [-0.2, 0) is 28.5 Å². The molecular formula is C22H41N3O7. The van der Waals surface area contributed by atoms with E-state index in [0.29, 0.717) is 65.8 Å². The maximum absolute atomic E-state index is 12.1. The molecule has 1 atom stereocenters. The van der Waals surface area contributed by atoms with Crippen LogP contribution in [0.25, 0.3) is 0 Å². The average Bonchev–Trinajstić information content (AvgIpc) is 2.75. The van der Waals surface area contributed by atoms with Crippen molar-refractivity contribution in [3.05, 3.63) is 12.2 Å². The fourth-order valence-electron chi connectivity index (χ4n) is 2.92. The van der Waals surface area contributed by atoms with Crippen molar-refractivity contribution >= 4 is 12.0 Å². The summed E-state index contributed by atoms with van der Waals surface area (Å²) in [5, 5.41) is 3.77. The first-order chi connectivity index (χ1) is 15.6. The third-order valence-corrected chi connectivity index (χ3v) is 4.66. The van der Waals surface area contributed by atoms with E-state index in [2.05, 4.69) is 17.5 Å². The molecule has 0 aliphatic heterocycles. The number of hydrazine groups is 1. The van der Waals surface area contributed by atoms with E-state index in [9.17, 15) is 9.59 Å². The molecule has 3 N–H and O–H groups in total. The van der Waals surface area contributed by atoms with E-state index < -0.39 is 6.09 Å². The summed E-state index contributed by atoms with van der Waals surface area (Å²) in [6.07, 6.45) is 8.75. The molecule has 0 fully saturated rings. The summed E-state index contributed by atoms with van der Waals surface area (Å²) in [6.45, 7) is 6.11. The predicted octanol–water partition coefficient (Wildman–Crippen LogP) is 1.78. The first-order valence-corrected chi connectivity index (χ1v) is 11.6. The lowest BCUT2D eigenvalue weighted by Gasteiger charge is -2.22. The Labute approximate surface area is 191 Å². The number of hydrogen-bond donors (Lipinski definition) is 2. The van der Waals surface area contributed by atoms with Gasteiger partial charge in [0.15, 0.2) is 0 Å². The first kappa shape index (κ1) is 28.3. The van der Waals surface area contributed by atoms with Crippen LogP contribution in [0.4, 0.5) is 4.79 Å². The van der Waals surface area contributed by atoms with Crippen LogP contribution in [0.2, 0.25) is 0 Å². The maximum atomic E-state index is 12.1. The van der Waals surface area contributed by atoms with Gasteiger partial charge in [0, 0.05) is 13.0 Å². The highest BCUT2D eigenvalue weighted by molar-refractivity contribution is 5.75. The molecule has 0 saturated carbocycles. The van der Waals surface area contributed by atoms with E-state index in [4.69, 9.17) is 29.5 Å². The van der Waals surface area contributed by atoms with Gasteiger partial charge in [0.2, 0.25) is 5.91 Å². The number of carbonyl (C=O) groups is 2. The lowest BCUT2D eigenvalue weighted by Crippen LogP contribution is -2.42. The zero-order valence-corrected chi connectivity index (χ0v) is 19.4. The molecule has 186 valence electrons. The molecule has 0 bridgehead atoms. The Morgan fingerprint density at radius 1 is 0.906 bits per heavy atom. The van der Waals surface area contributed by atoms with Crippen LogP contribution in [0.3, 0.4) is 0 Å². The van der Waals surface area contributed by atoms with E-state index in [-0.39, 0.29) is 18.6 Å². The number of nitrogens with zero attached hydrogens (tertiary/aromatic N) is 1. The molecule has 32 heavy (non-hydrogen) atoms. The molecule has 1 unspecified atom stereocenters. The number of carbonyl (C=O) groups excluding carboxylic acids is 2. The van der Waals surface area contributed by atoms with Gasteiger partial charge in [-0.2, -0.15) is 0 Å². The molecule has 2 amide bonds. The Balaban J connectivity index is 1.86. The molecule has 0 aromatic rings. The van der Waals surface area contributed by atoms with Crippen LogP contribution in [0.15, 0.2) is 12.2 Å². The van der Waals surface area contributed by atoms with Gasteiger partial charge in [-0.25, -0.2) is 15.6 Å². The second-order valence-electron chi connectivity index (χ2n) is 7.33. The van der Waals surface area contributed by atoms with E-state index in [0.717, 1.165) is 37.1 Å². The van der Waals surface area contributed by atoms with Gasteiger partial charge in [-0.05, 0) is 39.0 Å². The fraction of sp³-hybridized carbons (Fsp3) is 0.818. The minimum Gasteiger partial charge on any atom is -0.445 e. The van der Waals surface area contributed by atoms with Crippen molar-refractivity contribution in [3.8, 4) is 0 Å². The lowest BCUT2D eigenvalue weighted by atomic mass is 10.0. The number of hydrogen-bond acceptors (Lipinski definition) is 8. The van der Waals surface area contributed by atoms with Crippen molar-refractivity contribution in [1.82, 2.24) is 10.3 Å². The van der Waals surface area contributed by atoms with E-state index in [1.165, 1.54) is 0 Å². The normalized spacial score (nSPS) is 17.2. The number of amides is 2. The maximum Gasteiger partial charge on any atom is 0.424 e. The second-order valence-corrected chi connectivity index (χ2v) is 7.33. The molecule has 0 radical (unpaired) electrons. The van der Waals surface area contributed by atoms with Gasteiger partial charge >= 0.3 is 6.09 Å². The van der Waals surface area contributed by atoms with Crippen LogP contribution >= 0.6 is 0 Å². The molecular weight excluding hydrogens is 418 g/mol. The molecule has 1 rings (SSSR count). The quantitative estimate of drug-likeness (QED) is 0.111. The Morgan fingerprint density at radius 2 is 1.50 bits per heavy atom. The van der Waals surface area contributed by atoms with Gasteiger partial charge in [-0.1, -0.05) is 12.2 Å². The SMILES string of the molecule is CCNC(=O)CCOCCOCCOCCOCCN(N)C(=O)OC1CC/C=C/CCC1. The highest BCUT2D eigenvalue weighted by Crippen LogP contribution is 2.16. The molecule has 0 heterocycles. The van der Waals surface area contributed by atoms with Crippen molar-refractivity contribution in [2.45, 2.75) is 51.6 Å². The zero-order valence-electron chi connectivity index (χ0n) is 19.4. The van der Waals surface area contributed by atoms with Crippen molar-refractivity contribution in [2.24, 2.45) is 5.84 Å². The minimum absolute atomic E-state index is 0.00818. The number of nitrogens with two attached hydrogens (primary N) is 1. The summed E-state index contributed by atoms with van der Waals surface area (Å²) in [7, 11) is 0. The van der Waals surface area contributed by atoms with Crippen molar-refractivity contribution in [3.63, 3.8) is 0 Å². The van der Waals surface area contributed by atoms with Crippen LogP contribution in [0.1, 0.15) is 45.4 Å². The largest absolute Gasteiger partial charge is 0.445 e. The molecule has 0 saturated heterocycles. The van der Waals surface area contributed by atoms with Crippen LogP contribution < -0.4 is 11.2 Å². The summed E-state index contributed by atoms with van der Waals surface area (Å²) in [6, 6.07) is 0. The fourth-order valence-corrected chi connectivity index (χ4v) is 2.92. The second kappa shape index (κ2) is 19.9. The Bertz CT molecular complexity index is 520. The Morgan fingerprint density at radius 3 is 2.16 bits per heavy atom. The third kappa shape index (κ3) is 16.0. The van der Waals surface area contributed by atoms with E-state index in [1.54, 1.807) is 0 Å². The van der Waals surface area contributed by atoms with Gasteiger partial charge in [0.25, 0.3) is 0 Å². The number of allylic oxidation sites excluding steroid dienone is 2. The lowest BCUT2D eigenvalue weighted by molar-refractivity contribution is -0.122. The van der Waals surface area contributed by atoms with E-state index >= 15 is 0 Å². The van der Waals surface area contributed by atoms with Gasteiger partial charge < -0.3 is 29.0 Å².